The van der Waals surface area contributed by atoms with E-state index < -0.39 is 24.0 Å². The lowest BCUT2D eigenvalue weighted by molar-refractivity contribution is -0.127. The predicted molar refractivity (Wildman–Crippen MR) is 94.3 cm³/mol. The molecule has 0 aliphatic heterocycles. The molecule has 0 unspecified atom stereocenters. The number of rotatable bonds is 4. The van der Waals surface area contributed by atoms with E-state index in [1.54, 1.807) is 12.1 Å². The number of ether oxygens (including phenoxy) is 1. The summed E-state index contributed by atoms with van der Waals surface area (Å²) in [4.78, 5) is 36.0. The number of esters is 1. The SMILES string of the molecule is Cc1ccc(C(=O)O[C@H](C)C(=O)NC(=O)NC2CCCCC2)cc1C. The highest BCUT2D eigenvalue weighted by Gasteiger charge is 2.22. The molecule has 0 saturated heterocycles. The van der Waals surface area contributed by atoms with Crippen molar-refractivity contribution in [3.63, 3.8) is 0 Å². The number of imide groups is 1. The highest BCUT2D eigenvalue weighted by molar-refractivity contribution is 5.98. The lowest BCUT2D eigenvalue weighted by Gasteiger charge is -2.23. The van der Waals surface area contributed by atoms with Gasteiger partial charge in [-0.2, -0.15) is 0 Å². The molecule has 0 bridgehead atoms. The van der Waals surface area contributed by atoms with Gasteiger partial charge in [0.25, 0.3) is 5.91 Å². The lowest BCUT2D eigenvalue weighted by Crippen LogP contribution is -2.48. The zero-order valence-electron chi connectivity index (χ0n) is 15.1. The number of aryl methyl sites for hydroxylation is 2. The molecular weight excluding hydrogens is 320 g/mol. The van der Waals surface area contributed by atoms with E-state index in [0.717, 1.165) is 36.8 Å². The average Bonchev–Trinajstić information content (AvgIpc) is 2.57. The van der Waals surface area contributed by atoms with E-state index in [2.05, 4.69) is 10.6 Å². The smallest absolute Gasteiger partial charge is 0.338 e. The van der Waals surface area contributed by atoms with Gasteiger partial charge in [-0.15, -0.1) is 0 Å². The molecule has 0 spiro atoms. The quantitative estimate of drug-likeness (QED) is 0.821. The fourth-order valence-electron chi connectivity index (χ4n) is 2.83. The Morgan fingerprint density at radius 2 is 1.76 bits per heavy atom. The molecule has 3 amide bonds. The Kier molecular flexibility index (Phi) is 6.56. The number of carbonyl (C=O) groups is 3. The van der Waals surface area contributed by atoms with Crippen LogP contribution in [0, 0.1) is 13.8 Å². The van der Waals surface area contributed by atoms with E-state index in [1.807, 2.05) is 19.9 Å². The van der Waals surface area contributed by atoms with E-state index in [9.17, 15) is 14.4 Å². The number of nitrogens with one attached hydrogen (secondary N) is 2. The maximum Gasteiger partial charge on any atom is 0.338 e. The first kappa shape index (κ1) is 19.0. The van der Waals surface area contributed by atoms with Crippen LogP contribution in [-0.4, -0.2) is 30.1 Å². The first-order valence-corrected chi connectivity index (χ1v) is 8.76. The van der Waals surface area contributed by atoms with E-state index in [0.29, 0.717) is 5.56 Å². The fraction of sp³-hybridized carbons (Fsp3) is 0.526. The summed E-state index contributed by atoms with van der Waals surface area (Å²) >= 11 is 0. The van der Waals surface area contributed by atoms with Crippen LogP contribution in [0.4, 0.5) is 4.79 Å². The van der Waals surface area contributed by atoms with Crippen molar-refractivity contribution in [1.82, 2.24) is 10.6 Å². The minimum atomic E-state index is -1.05. The van der Waals surface area contributed by atoms with Crippen LogP contribution in [-0.2, 0) is 9.53 Å². The zero-order chi connectivity index (χ0) is 18.4. The third-order valence-corrected chi connectivity index (χ3v) is 4.57. The molecule has 25 heavy (non-hydrogen) atoms. The largest absolute Gasteiger partial charge is 0.449 e. The number of benzene rings is 1. The van der Waals surface area contributed by atoms with E-state index in [-0.39, 0.29) is 6.04 Å². The molecule has 0 heterocycles. The maximum absolute atomic E-state index is 12.1. The number of hydrogen-bond donors (Lipinski definition) is 2. The van der Waals surface area contributed by atoms with Crippen molar-refractivity contribution in [3.8, 4) is 0 Å². The molecule has 0 aromatic heterocycles. The van der Waals surface area contributed by atoms with Crippen LogP contribution in [0.3, 0.4) is 0 Å². The topological polar surface area (TPSA) is 84.5 Å². The molecule has 1 atom stereocenters. The Balaban J connectivity index is 1.83. The van der Waals surface area contributed by atoms with Gasteiger partial charge in [0.1, 0.15) is 0 Å². The Morgan fingerprint density at radius 1 is 1.08 bits per heavy atom. The molecule has 6 heteroatoms. The minimum absolute atomic E-state index is 0.106. The molecule has 2 N–H and O–H groups in total. The average molecular weight is 346 g/mol. The standard InChI is InChI=1S/C19H26N2O4/c1-12-9-10-15(11-13(12)2)18(23)25-14(3)17(22)21-19(24)20-16-7-5-4-6-8-16/h9-11,14,16H,4-8H2,1-3H3,(H2,20,21,22,24)/t14-/m1/s1. The second-order valence-corrected chi connectivity index (χ2v) is 6.64. The molecule has 1 aromatic rings. The Labute approximate surface area is 148 Å². The second-order valence-electron chi connectivity index (χ2n) is 6.64. The highest BCUT2D eigenvalue weighted by Crippen LogP contribution is 2.17. The minimum Gasteiger partial charge on any atom is -0.449 e. The molecular formula is C19H26N2O4. The first-order chi connectivity index (χ1) is 11.9. The predicted octanol–water partition coefficient (Wildman–Crippen LogP) is 3.01. The van der Waals surface area contributed by atoms with Gasteiger partial charge in [-0.05, 0) is 56.9 Å². The van der Waals surface area contributed by atoms with Crippen LogP contribution in [0.15, 0.2) is 18.2 Å². The van der Waals surface area contributed by atoms with Gasteiger partial charge in [0.05, 0.1) is 5.56 Å². The fourth-order valence-corrected chi connectivity index (χ4v) is 2.83. The summed E-state index contributed by atoms with van der Waals surface area (Å²) in [6.45, 7) is 5.30. The molecule has 1 fully saturated rings. The normalized spacial score (nSPS) is 16.0. The summed E-state index contributed by atoms with van der Waals surface area (Å²) in [7, 11) is 0. The highest BCUT2D eigenvalue weighted by atomic mass is 16.5. The molecule has 136 valence electrons. The monoisotopic (exact) mass is 346 g/mol. The number of carbonyl (C=O) groups excluding carboxylic acids is 3. The van der Waals surface area contributed by atoms with Crippen molar-refractivity contribution in [2.24, 2.45) is 0 Å². The van der Waals surface area contributed by atoms with E-state index in [1.165, 1.54) is 13.3 Å². The van der Waals surface area contributed by atoms with Gasteiger partial charge in [-0.3, -0.25) is 10.1 Å². The third-order valence-electron chi connectivity index (χ3n) is 4.57. The summed E-state index contributed by atoms with van der Waals surface area (Å²) < 4.78 is 5.15. The van der Waals surface area contributed by atoms with Gasteiger partial charge in [0, 0.05) is 6.04 Å². The summed E-state index contributed by atoms with van der Waals surface area (Å²) in [5.41, 5.74) is 2.43. The van der Waals surface area contributed by atoms with Crippen molar-refractivity contribution in [2.45, 2.75) is 65.0 Å². The number of hydrogen-bond acceptors (Lipinski definition) is 4. The maximum atomic E-state index is 12.1. The van der Waals surface area contributed by atoms with E-state index >= 15 is 0 Å². The Morgan fingerprint density at radius 3 is 2.40 bits per heavy atom. The van der Waals surface area contributed by atoms with E-state index in [4.69, 9.17) is 4.74 Å². The van der Waals surface area contributed by atoms with Crippen molar-refractivity contribution in [1.29, 1.82) is 0 Å². The number of amides is 3. The van der Waals surface area contributed by atoms with Gasteiger partial charge in [-0.25, -0.2) is 9.59 Å². The molecule has 1 aliphatic carbocycles. The second kappa shape index (κ2) is 8.65. The summed E-state index contributed by atoms with van der Waals surface area (Å²) in [6.07, 6.45) is 4.17. The zero-order valence-corrected chi connectivity index (χ0v) is 15.1. The molecule has 1 saturated carbocycles. The molecule has 0 radical (unpaired) electrons. The molecule has 1 aliphatic rings. The number of urea groups is 1. The van der Waals surface area contributed by atoms with Crippen LogP contribution >= 0.6 is 0 Å². The third kappa shape index (κ3) is 5.59. The molecule has 1 aromatic carbocycles. The summed E-state index contributed by atoms with van der Waals surface area (Å²) in [5, 5.41) is 5.03. The van der Waals surface area contributed by atoms with Crippen LogP contribution < -0.4 is 10.6 Å². The summed E-state index contributed by atoms with van der Waals surface area (Å²) in [5.74, 6) is -1.22. The Hall–Kier alpha value is -2.37. The molecule has 6 nitrogen and oxygen atoms in total. The van der Waals surface area contributed by atoms with Crippen LogP contribution in [0.1, 0.15) is 60.5 Å². The van der Waals surface area contributed by atoms with Crippen LogP contribution in [0.2, 0.25) is 0 Å². The van der Waals surface area contributed by atoms with Gasteiger partial charge in [-0.1, -0.05) is 25.3 Å². The molecule has 2 rings (SSSR count). The summed E-state index contributed by atoms with van der Waals surface area (Å²) in [6, 6.07) is 4.78. The van der Waals surface area contributed by atoms with Gasteiger partial charge in [0.15, 0.2) is 6.10 Å². The lowest BCUT2D eigenvalue weighted by atomic mass is 9.96. The van der Waals surface area contributed by atoms with Gasteiger partial charge >= 0.3 is 12.0 Å². The first-order valence-electron chi connectivity index (χ1n) is 8.76. The van der Waals surface area contributed by atoms with Crippen molar-refractivity contribution >= 4 is 17.9 Å². The van der Waals surface area contributed by atoms with Crippen molar-refractivity contribution in [3.05, 3.63) is 34.9 Å². The Bertz CT molecular complexity index is 651. The van der Waals surface area contributed by atoms with Gasteiger partial charge < -0.3 is 10.1 Å². The van der Waals surface area contributed by atoms with Crippen molar-refractivity contribution in [2.75, 3.05) is 0 Å². The van der Waals surface area contributed by atoms with Gasteiger partial charge in [0.2, 0.25) is 0 Å². The van der Waals surface area contributed by atoms with Crippen LogP contribution in [0.25, 0.3) is 0 Å². The van der Waals surface area contributed by atoms with Crippen LogP contribution in [0.5, 0.6) is 0 Å². The van der Waals surface area contributed by atoms with Crippen molar-refractivity contribution < 1.29 is 19.1 Å².